The van der Waals surface area contributed by atoms with E-state index in [9.17, 15) is 9.59 Å². The Labute approximate surface area is 155 Å². The number of carbonyl (C=O) groups is 2. The van der Waals surface area contributed by atoms with Crippen LogP contribution in [0.1, 0.15) is 11.1 Å². The molecule has 0 unspecified atom stereocenters. The first-order valence-electron chi connectivity index (χ1n) is 7.94. The van der Waals surface area contributed by atoms with Gasteiger partial charge in [-0.15, -0.1) is 0 Å². The van der Waals surface area contributed by atoms with Gasteiger partial charge in [0.1, 0.15) is 11.3 Å². The Morgan fingerprint density at radius 1 is 1.12 bits per heavy atom. The van der Waals surface area contributed by atoms with Crippen molar-refractivity contribution >= 4 is 34.4 Å². The third kappa shape index (κ3) is 4.34. The molecule has 2 N–H and O–H groups in total. The number of hydrazine groups is 1. The second kappa shape index (κ2) is 7.93. The maximum atomic E-state index is 12.0. The molecule has 0 spiro atoms. The Kier molecular flexibility index (Phi) is 5.43. The second-order valence-corrected chi connectivity index (χ2v) is 6.14. The van der Waals surface area contributed by atoms with E-state index >= 15 is 0 Å². The molecule has 0 bridgehead atoms. The zero-order valence-electron chi connectivity index (χ0n) is 14.0. The Hall–Kier alpha value is -2.99. The smallest absolute Gasteiger partial charge is 0.276 e. The summed E-state index contributed by atoms with van der Waals surface area (Å²) in [6.07, 6.45) is 1.56. The number of nitrogens with one attached hydrogen (secondary N) is 2. The van der Waals surface area contributed by atoms with Gasteiger partial charge in [0.15, 0.2) is 6.61 Å². The number of rotatable bonds is 5. The SMILES string of the molecule is Cc1cc2occ(CC(=O)NNC(=O)COc3ccccc3)c2cc1Cl. The van der Waals surface area contributed by atoms with Crippen LogP contribution in [0.15, 0.2) is 53.1 Å². The minimum absolute atomic E-state index is 0.0478. The maximum absolute atomic E-state index is 12.0. The molecular weight excluding hydrogens is 356 g/mol. The topological polar surface area (TPSA) is 80.6 Å². The highest BCUT2D eigenvalue weighted by molar-refractivity contribution is 6.32. The molecule has 0 aliphatic rings. The van der Waals surface area contributed by atoms with E-state index in [0.29, 0.717) is 21.9 Å². The Morgan fingerprint density at radius 3 is 2.62 bits per heavy atom. The average Bonchev–Trinajstić information content (AvgIpc) is 3.01. The van der Waals surface area contributed by atoms with Crippen LogP contribution in [0.3, 0.4) is 0 Å². The lowest BCUT2D eigenvalue weighted by Crippen LogP contribution is -2.44. The van der Waals surface area contributed by atoms with Crippen LogP contribution in [0.2, 0.25) is 5.02 Å². The molecule has 6 nitrogen and oxygen atoms in total. The molecular formula is C19H17ClN2O4. The zero-order valence-corrected chi connectivity index (χ0v) is 14.8. The van der Waals surface area contributed by atoms with E-state index in [4.69, 9.17) is 20.8 Å². The van der Waals surface area contributed by atoms with Crippen LogP contribution in [-0.4, -0.2) is 18.4 Å². The van der Waals surface area contributed by atoms with Crippen molar-refractivity contribution in [1.82, 2.24) is 10.9 Å². The van der Waals surface area contributed by atoms with Gasteiger partial charge in [-0.05, 0) is 36.8 Å². The van der Waals surface area contributed by atoms with Gasteiger partial charge in [0.25, 0.3) is 5.91 Å². The van der Waals surface area contributed by atoms with E-state index in [-0.39, 0.29) is 18.9 Å². The molecule has 1 heterocycles. The van der Waals surface area contributed by atoms with Crippen LogP contribution in [0.25, 0.3) is 11.0 Å². The predicted molar refractivity (Wildman–Crippen MR) is 97.9 cm³/mol. The number of benzene rings is 2. The average molecular weight is 373 g/mol. The van der Waals surface area contributed by atoms with Crippen LogP contribution in [-0.2, 0) is 16.0 Å². The second-order valence-electron chi connectivity index (χ2n) is 5.73. The standard InChI is InChI=1S/C19H17ClN2O4/c1-12-7-17-15(9-16(12)20)13(10-26-17)8-18(23)21-22-19(24)11-25-14-5-3-2-4-6-14/h2-7,9-10H,8,11H2,1H3,(H,21,23)(H,22,24). The van der Waals surface area contributed by atoms with Crippen molar-refractivity contribution in [2.24, 2.45) is 0 Å². The van der Waals surface area contributed by atoms with Gasteiger partial charge in [-0.3, -0.25) is 20.4 Å². The molecule has 0 atom stereocenters. The molecule has 134 valence electrons. The molecule has 26 heavy (non-hydrogen) atoms. The van der Waals surface area contributed by atoms with Gasteiger partial charge < -0.3 is 9.15 Å². The minimum atomic E-state index is -0.460. The minimum Gasteiger partial charge on any atom is -0.484 e. The number of amides is 2. The van der Waals surface area contributed by atoms with E-state index in [1.807, 2.05) is 19.1 Å². The Balaban J connectivity index is 1.51. The van der Waals surface area contributed by atoms with Crippen LogP contribution in [0, 0.1) is 6.92 Å². The summed E-state index contributed by atoms with van der Waals surface area (Å²) >= 11 is 6.13. The molecule has 0 aliphatic carbocycles. The quantitative estimate of drug-likeness (QED) is 0.674. The van der Waals surface area contributed by atoms with Gasteiger partial charge in [0, 0.05) is 16.0 Å². The largest absolute Gasteiger partial charge is 0.484 e. The van der Waals surface area contributed by atoms with Crippen LogP contribution < -0.4 is 15.6 Å². The molecule has 3 rings (SSSR count). The first-order valence-corrected chi connectivity index (χ1v) is 8.32. The molecule has 0 saturated carbocycles. The summed E-state index contributed by atoms with van der Waals surface area (Å²) in [6.45, 7) is 1.68. The van der Waals surface area contributed by atoms with Crippen molar-refractivity contribution < 1.29 is 18.7 Å². The van der Waals surface area contributed by atoms with E-state index in [0.717, 1.165) is 10.9 Å². The van der Waals surface area contributed by atoms with Crippen molar-refractivity contribution in [2.45, 2.75) is 13.3 Å². The summed E-state index contributed by atoms with van der Waals surface area (Å²) in [6, 6.07) is 12.5. The normalized spacial score (nSPS) is 10.5. The summed E-state index contributed by atoms with van der Waals surface area (Å²) in [5.41, 5.74) is 6.92. The summed E-state index contributed by atoms with van der Waals surface area (Å²) in [4.78, 5) is 23.8. The third-order valence-electron chi connectivity index (χ3n) is 3.74. The van der Waals surface area contributed by atoms with Gasteiger partial charge in [-0.25, -0.2) is 0 Å². The number of furan rings is 1. The highest BCUT2D eigenvalue weighted by Crippen LogP contribution is 2.27. The number of aryl methyl sites for hydroxylation is 1. The van der Waals surface area contributed by atoms with E-state index < -0.39 is 5.91 Å². The molecule has 0 saturated heterocycles. The highest BCUT2D eigenvalue weighted by atomic mass is 35.5. The van der Waals surface area contributed by atoms with Crippen molar-refractivity contribution in [3.63, 3.8) is 0 Å². The first kappa shape index (κ1) is 17.8. The Morgan fingerprint density at radius 2 is 1.85 bits per heavy atom. The molecule has 1 aromatic heterocycles. The summed E-state index contributed by atoms with van der Waals surface area (Å²) in [5, 5.41) is 1.38. The monoisotopic (exact) mass is 372 g/mol. The lowest BCUT2D eigenvalue weighted by Gasteiger charge is -2.08. The van der Waals surface area contributed by atoms with E-state index in [2.05, 4.69) is 10.9 Å². The third-order valence-corrected chi connectivity index (χ3v) is 4.15. The van der Waals surface area contributed by atoms with Gasteiger partial charge in [0.05, 0.1) is 12.7 Å². The fraction of sp³-hybridized carbons (Fsp3) is 0.158. The molecule has 0 fully saturated rings. The summed E-state index contributed by atoms with van der Waals surface area (Å²) in [5.74, 6) is -0.263. The van der Waals surface area contributed by atoms with Gasteiger partial charge in [0.2, 0.25) is 5.91 Å². The van der Waals surface area contributed by atoms with Gasteiger partial charge >= 0.3 is 0 Å². The molecule has 0 radical (unpaired) electrons. The van der Waals surface area contributed by atoms with Gasteiger partial charge in [-0.1, -0.05) is 29.8 Å². The Bertz CT molecular complexity index is 937. The van der Waals surface area contributed by atoms with E-state index in [1.54, 1.807) is 30.3 Å². The highest BCUT2D eigenvalue weighted by Gasteiger charge is 2.13. The lowest BCUT2D eigenvalue weighted by molar-refractivity contribution is -0.129. The van der Waals surface area contributed by atoms with Crippen LogP contribution >= 0.6 is 11.6 Å². The van der Waals surface area contributed by atoms with Gasteiger partial charge in [-0.2, -0.15) is 0 Å². The number of fused-ring (bicyclic) bond motifs is 1. The number of carbonyl (C=O) groups excluding carboxylic acids is 2. The molecule has 2 aromatic carbocycles. The molecule has 7 heteroatoms. The first-order chi connectivity index (χ1) is 12.5. The lowest BCUT2D eigenvalue weighted by atomic mass is 10.1. The zero-order chi connectivity index (χ0) is 18.5. The van der Waals surface area contributed by atoms with Crippen molar-refractivity contribution in [3.05, 3.63) is 64.9 Å². The van der Waals surface area contributed by atoms with Crippen molar-refractivity contribution in [3.8, 4) is 5.75 Å². The number of ether oxygens (including phenoxy) is 1. The number of hydrogen-bond acceptors (Lipinski definition) is 4. The molecule has 3 aromatic rings. The molecule has 0 aliphatic heterocycles. The summed E-state index contributed by atoms with van der Waals surface area (Å²) in [7, 11) is 0. The number of halogens is 1. The number of hydrogen-bond donors (Lipinski definition) is 2. The maximum Gasteiger partial charge on any atom is 0.276 e. The van der Waals surface area contributed by atoms with Crippen LogP contribution in [0.4, 0.5) is 0 Å². The molecule has 2 amide bonds. The van der Waals surface area contributed by atoms with Crippen molar-refractivity contribution in [1.29, 1.82) is 0 Å². The van der Waals surface area contributed by atoms with Crippen LogP contribution in [0.5, 0.6) is 5.75 Å². The predicted octanol–water partition coefficient (Wildman–Crippen LogP) is 3.16. The fourth-order valence-electron chi connectivity index (χ4n) is 2.40. The fourth-order valence-corrected chi connectivity index (χ4v) is 2.56. The number of para-hydroxylation sites is 1. The summed E-state index contributed by atoms with van der Waals surface area (Å²) < 4.78 is 10.7. The van der Waals surface area contributed by atoms with E-state index in [1.165, 1.54) is 6.26 Å². The van der Waals surface area contributed by atoms with Crippen molar-refractivity contribution in [2.75, 3.05) is 6.61 Å².